The second-order valence-corrected chi connectivity index (χ2v) is 4.45. The number of phenolic OH excluding ortho intramolecular Hbond substituents is 2. The van der Waals surface area contributed by atoms with Crippen molar-refractivity contribution < 1.29 is 15.3 Å². The maximum Gasteiger partial charge on any atom is 0.124 e. The Hall–Kier alpha value is -0.970. The molecule has 0 aromatic heterocycles. The van der Waals surface area contributed by atoms with E-state index in [4.69, 9.17) is 10.8 Å². The molecule has 1 aromatic carbocycles. The van der Waals surface area contributed by atoms with Crippen LogP contribution in [0.4, 0.5) is 0 Å². The molecule has 0 radical (unpaired) electrons. The molecule has 5 N–H and O–H groups in total. The van der Waals surface area contributed by atoms with E-state index >= 15 is 0 Å². The van der Waals surface area contributed by atoms with Gasteiger partial charge in [-0.2, -0.15) is 0 Å². The predicted octanol–water partition coefficient (Wildman–Crippen LogP) is 1.68. The summed E-state index contributed by atoms with van der Waals surface area (Å²) in [5, 5.41) is 28.8. The second kappa shape index (κ2) is 5.58. The van der Waals surface area contributed by atoms with Gasteiger partial charge in [-0.15, -0.1) is 12.4 Å². The Morgan fingerprint density at radius 1 is 1.24 bits per heavy atom. The van der Waals surface area contributed by atoms with Crippen LogP contribution in [0.5, 0.6) is 11.5 Å². The predicted molar refractivity (Wildman–Crippen MR) is 67.3 cm³/mol. The summed E-state index contributed by atoms with van der Waals surface area (Å²) in [6, 6.07) is 3.66. The van der Waals surface area contributed by atoms with Gasteiger partial charge in [0.15, 0.2) is 0 Å². The molecule has 1 saturated carbocycles. The quantitative estimate of drug-likeness (QED) is 0.665. The van der Waals surface area contributed by atoms with Crippen molar-refractivity contribution in [3.8, 4) is 11.5 Å². The fourth-order valence-electron chi connectivity index (χ4n) is 2.07. The lowest BCUT2D eigenvalue weighted by Crippen LogP contribution is -2.36. The van der Waals surface area contributed by atoms with Crippen molar-refractivity contribution in [1.29, 1.82) is 0 Å². The minimum Gasteiger partial charge on any atom is -0.508 e. The van der Waals surface area contributed by atoms with E-state index in [0.29, 0.717) is 5.56 Å². The van der Waals surface area contributed by atoms with E-state index in [0.717, 1.165) is 19.3 Å². The van der Waals surface area contributed by atoms with Gasteiger partial charge in [0, 0.05) is 11.6 Å². The van der Waals surface area contributed by atoms with Crippen molar-refractivity contribution in [2.24, 2.45) is 11.7 Å². The third kappa shape index (κ3) is 2.83. The molecule has 0 heterocycles. The average molecular weight is 260 g/mol. The zero-order chi connectivity index (χ0) is 11.7. The zero-order valence-corrected chi connectivity index (χ0v) is 10.2. The van der Waals surface area contributed by atoms with Crippen molar-refractivity contribution in [2.75, 3.05) is 0 Å². The van der Waals surface area contributed by atoms with Crippen LogP contribution in [-0.2, 0) is 0 Å². The van der Waals surface area contributed by atoms with Gasteiger partial charge in [0.2, 0.25) is 0 Å². The highest BCUT2D eigenvalue weighted by molar-refractivity contribution is 5.85. The third-order valence-corrected chi connectivity index (χ3v) is 3.37. The van der Waals surface area contributed by atoms with Gasteiger partial charge in [0.1, 0.15) is 11.5 Å². The number of aliphatic hydroxyl groups is 1. The van der Waals surface area contributed by atoms with E-state index in [9.17, 15) is 10.2 Å². The van der Waals surface area contributed by atoms with Gasteiger partial charge < -0.3 is 21.1 Å². The molecule has 0 amide bonds. The largest absolute Gasteiger partial charge is 0.508 e. The normalized spacial score (nSPS) is 18.9. The average Bonchev–Trinajstić information content (AvgIpc) is 2.14. The Morgan fingerprint density at radius 2 is 1.88 bits per heavy atom. The molecule has 17 heavy (non-hydrogen) atoms. The second-order valence-electron chi connectivity index (χ2n) is 4.45. The SMILES string of the molecule is Cl.N[C@@H](c1ccc(O)cc1O)[C@H](O)C1CCC1. The van der Waals surface area contributed by atoms with E-state index in [1.165, 1.54) is 12.1 Å². The summed E-state index contributed by atoms with van der Waals surface area (Å²) >= 11 is 0. The highest BCUT2D eigenvalue weighted by Crippen LogP contribution is 2.36. The number of nitrogens with two attached hydrogens (primary N) is 1. The first-order valence-electron chi connectivity index (χ1n) is 5.55. The minimum absolute atomic E-state index is 0. The molecule has 1 aromatic rings. The van der Waals surface area contributed by atoms with Gasteiger partial charge >= 0.3 is 0 Å². The van der Waals surface area contributed by atoms with Gasteiger partial charge in [-0.3, -0.25) is 0 Å². The first kappa shape index (κ1) is 14.1. The number of aromatic hydroxyl groups is 2. The Bertz CT molecular complexity index is 382. The van der Waals surface area contributed by atoms with Crippen molar-refractivity contribution in [3.05, 3.63) is 23.8 Å². The van der Waals surface area contributed by atoms with Crippen molar-refractivity contribution >= 4 is 12.4 Å². The van der Waals surface area contributed by atoms with Crippen LogP contribution in [0.3, 0.4) is 0 Å². The maximum absolute atomic E-state index is 9.99. The molecule has 1 fully saturated rings. The number of hydrogen-bond acceptors (Lipinski definition) is 4. The van der Waals surface area contributed by atoms with Crippen LogP contribution in [0.25, 0.3) is 0 Å². The zero-order valence-electron chi connectivity index (χ0n) is 9.41. The topological polar surface area (TPSA) is 86.7 Å². The fraction of sp³-hybridized carbons (Fsp3) is 0.500. The molecule has 4 nitrogen and oxygen atoms in total. The molecule has 1 aliphatic carbocycles. The lowest BCUT2D eigenvalue weighted by molar-refractivity contribution is 0.0407. The van der Waals surface area contributed by atoms with Gasteiger partial charge in [-0.1, -0.05) is 6.42 Å². The van der Waals surface area contributed by atoms with E-state index in [1.54, 1.807) is 6.07 Å². The molecular formula is C12H18ClNO3. The van der Waals surface area contributed by atoms with E-state index < -0.39 is 12.1 Å². The van der Waals surface area contributed by atoms with Crippen LogP contribution in [0, 0.1) is 5.92 Å². The molecule has 5 heteroatoms. The molecule has 2 rings (SSSR count). The molecule has 2 atom stereocenters. The summed E-state index contributed by atoms with van der Waals surface area (Å²) < 4.78 is 0. The summed E-state index contributed by atoms with van der Waals surface area (Å²) in [4.78, 5) is 0. The molecule has 1 aliphatic rings. The Balaban J connectivity index is 0.00000144. The Labute approximate surface area is 106 Å². The smallest absolute Gasteiger partial charge is 0.124 e. The maximum atomic E-state index is 9.99. The molecule has 0 unspecified atom stereocenters. The number of halogens is 1. The van der Waals surface area contributed by atoms with Crippen LogP contribution in [-0.4, -0.2) is 21.4 Å². The number of aliphatic hydroxyl groups excluding tert-OH is 1. The van der Waals surface area contributed by atoms with Crippen molar-refractivity contribution in [3.63, 3.8) is 0 Å². The lowest BCUT2D eigenvalue weighted by Gasteiger charge is -2.33. The van der Waals surface area contributed by atoms with Crippen LogP contribution in [0.1, 0.15) is 30.9 Å². The van der Waals surface area contributed by atoms with Gasteiger partial charge in [-0.05, 0) is 30.9 Å². The highest BCUT2D eigenvalue weighted by atomic mass is 35.5. The summed E-state index contributed by atoms with van der Waals surface area (Å²) in [6.07, 6.45) is 2.50. The summed E-state index contributed by atoms with van der Waals surface area (Å²) in [5.41, 5.74) is 6.39. The van der Waals surface area contributed by atoms with Gasteiger partial charge in [-0.25, -0.2) is 0 Å². The van der Waals surface area contributed by atoms with Crippen LogP contribution in [0.15, 0.2) is 18.2 Å². The lowest BCUT2D eigenvalue weighted by atomic mass is 9.77. The Kier molecular flexibility index (Phi) is 4.62. The Morgan fingerprint density at radius 3 is 2.35 bits per heavy atom. The number of rotatable bonds is 3. The van der Waals surface area contributed by atoms with Crippen LogP contribution >= 0.6 is 12.4 Å². The summed E-state index contributed by atoms with van der Waals surface area (Å²) in [5.74, 6) is 0.167. The van der Waals surface area contributed by atoms with Gasteiger partial charge in [0.05, 0.1) is 12.1 Å². The number of hydrogen-bond donors (Lipinski definition) is 4. The van der Waals surface area contributed by atoms with Crippen molar-refractivity contribution in [1.82, 2.24) is 0 Å². The molecule has 0 spiro atoms. The first-order valence-corrected chi connectivity index (χ1v) is 5.55. The van der Waals surface area contributed by atoms with Crippen LogP contribution < -0.4 is 5.73 Å². The molecule has 96 valence electrons. The fourth-order valence-corrected chi connectivity index (χ4v) is 2.07. The molecule has 0 aliphatic heterocycles. The van der Waals surface area contributed by atoms with Crippen molar-refractivity contribution in [2.45, 2.75) is 31.4 Å². The van der Waals surface area contributed by atoms with Gasteiger partial charge in [0.25, 0.3) is 0 Å². The highest BCUT2D eigenvalue weighted by Gasteiger charge is 2.31. The number of benzene rings is 1. The van der Waals surface area contributed by atoms with E-state index in [2.05, 4.69) is 0 Å². The minimum atomic E-state index is -0.621. The third-order valence-electron chi connectivity index (χ3n) is 3.37. The number of phenols is 2. The summed E-state index contributed by atoms with van der Waals surface area (Å²) in [6.45, 7) is 0. The van der Waals surface area contributed by atoms with E-state index in [-0.39, 0.29) is 29.8 Å². The molecule has 0 saturated heterocycles. The van der Waals surface area contributed by atoms with E-state index in [1.807, 2.05) is 0 Å². The van der Waals surface area contributed by atoms with Crippen LogP contribution in [0.2, 0.25) is 0 Å². The monoisotopic (exact) mass is 259 g/mol. The molecule has 0 bridgehead atoms. The molecular weight excluding hydrogens is 242 g/mol. The summed E-state index contributed by atoms with van der Waals surface area (Å²) in [7, 11) is 0. The standard InChI is InChI=1S/C12H17NO3.ClH/c13-11(12(16)7-2-1-3-7)9-5-4-8(14)6-10(9)15;/h4-7,11-12,14-16H,1-3,13H2;1H/t11-,12+;/m0./s1. The first-order chi connectivity index (χ1) is 7.59.